The highest BCUT2D eigenvalue weighted by molar-refractivity contribution is 7.78. The lowest BCUT2D eigenvalue weighted by Gasteiger charge is -2.27. The van der Waals surface area contributed by atoms with E-state index < -0.39 is 0 Å². The predicted molar refractivity (Wildman–Crippen MR) is 120 cm³/mol. The van der Waals surface area contributed by atoms with Gasteiger partial charge in [-0.1, -0.05) is 103 Å². The van der Waals surface area contributed by atoms with Crippen LogP contribution in [0.4, 0.5) is 0 Å². The molecule has 154 valence electrons. The Bertz CT molecular complexity index is 313. The summed E-state index contributed by atoms with van der Waals surface area (Å²) in [4.78, 5) is 1.89. The molecule has 1 rings (SSSR count). The zero-order chi connectivity index (χ0) is 19.3. The third kappa shape index (κ3) is 18.5. The number of piperidine rings is 1. The van der Waals surface area contributed by atoms with E-state index in [9.17, 15) is 0 Å². The second-order valence-corrected chi connectivity index (χ2v) is 8.57. The number of thiocarbonyl (C=S) groups is 1. The summed E-state index contributed by atoms with van der Waals surface area (Å²) in [6.07, 6.45) is 23.6. The van der Waals surface area contributed by atoms with Gasteiger partial charge in [-0.2, -0.15) is 5.16 Å². The first-order valence-corrected chi connectivity index (χ1v) is 12.0. The molecule has 2 nitrogen and oxygen atoms in total. The third-order valence-electron chi connectivity index (χ3n) is 5.75. The van der Waals surface area contributed by atoms with Crippen LogP contribution in [0.15, 0.2) is 0 Å². The monoisotopic (exact) mass is 382 g/mol. The zero-order valence-electron chi connectivity index (χ0n) is 17.9. The Kier molecular flexibility index (Phi) is 20.9. The Balaban J connectivity index is 0.00000194. The van der Waals surface area contributed by atoms with Crippen LogP contribution in [-0.4, -0.2) is 24.8 Å². The molecular weight excluding hydrogens is 336 g/mol. The molecule has 2 unspecified atom stereocenters. The molecule has 0 aromatic rings. The summed E-state index contributed by atoms with van der Waals surface area (Å²) in [5.41, 5.74) is 0. The molecular formula is C23H46N2S. The fourth-order valence-electron chi connectivity index (χ4n) is 4.19. The van der Waals surface area contributed by atoms with E-state index in [1.165, 1.54) is 128 Å². The number of nitrogens with zero attached hydrogens (tertiary/aromatic N) is 1. The van der Waals surface area contributed by atoms with Crippen molar-refractivity contribution in [1.29, 1.82) is 0 Å². The maximum Gasteiger partial charge on any atom is 0.0796 e. The minimum atomic E-state index is 0.977. The van der Waals surface area contributed by atoms with Gasteiger partial charge in [0.1, 0.15) is 0 Å². The van der Waals surface area contributed by atoms with Gasteiger partial charge in [-0.25, -0.2) is 0 Å². The van der Waals surface area contributed by atoms with E-state index in [1.54, 1.807) is 0 Å². The molecule has 0 saturated carbocycles. The van der Waals surface area contributed by atoms with Crippen LogP contribution < -0.4 is 4.90 Å². The van der Waals surface area contributed by atoms with Gasteiger partial charge in [-0.15, -0.1) is 0 Å². The van der Waals surface area contributed by atoms with Crippen LogP contribution in [0.2, 0.25) is 0 Å². The van der Waals surface area contributed by atoms with Crippen molar-refractivity contribution < 1.29 is 4.90 Å². The summed E-state index contributed by atoms with van der Waals surface area (Å²) < 4.78 is 0. The van der Waals surface area contributed by atoms with Crippen LogP contribution in [0.3, 0.4) is 0 Å². The minimum absolute atomic E-state index is 0.977. The normalized spacial score (nSPS) is 19.5. The van der Waals surface area contributed by atoms with E-state index in [2.05, 4.69) is 26.1 Å². The Morgan fingerprint density at radius 3 is 1.69 bits per heavy atom. The third-order valence-corrected chi connectivity index (χ3v) is 5.75. The van der Waals surface area contributed by atoms with Gasteiger partial charge in [0.05, 0.1) is 19.6 Å². The Morgan fingerprint density at radius 2 is 1.27 bits per heavy atom. The van der Waals surface area contributed by atoms with Gasteiger partial charge in [0.2, 0.25) is 0 Å². The molecule has 0 radical (unpaired) electrons. The van der Waals surface area contributed by atoms with E-state index in [0.29, 0.717) is 0 Å². The summed E-state index contributed by atoms with van der Waals surface area (Å²) in [6.45, 7) is 9.07. The highest BCUT2D eigenvalue weighted by Crippen LogP contribution is 2.12. The SMILES string of the molecule is CCCCCCCCCCCCCCCC[NH+]1CCCC(C)C1.[N-]=C=S. The number of quaternary nitrogens is 1. The standard InChI is InChI=1S/C22H45N.CNS/c1-3-4-5-6-7-8-9-10-11-12-13-14-15-16-19-23-20-17-18-22(2)21-23;2-1-3/h22H,3-21H2,1-2H3;/q;-1/p+1. The van der Waals surface area contributed by atoms with E-state index in [-0.39, 0.29) is 0 Å². The topological polar surface area (TPSA) is 26.7 Å². The minimum Gasteiger partial charge on any atom is -0.753 e. The molecule has 26 heavy (non-hydrogen) atoms. The van der Waals surface area contributed by atoms with Crippen molar-refractivity contribution in [2.45, 2.75) is 117 Å². The number of hydrogen-bond donors (Lipinski definition) is 1. The van der Waals surface area contributed by atoms with E-state index in [0.717, 1.165) is 5.92 Å². The molecule has 1 heterocycles. The maximum atomic E-state index is 7.13. The molecule has 0 aliphatic carbocycles. The molecule has 1 saturated heterocycles. The molecule has 1 fully saturated rings. The number of isothiocyanates is 1. The number of likely N-dealkylation sites (tertiary alicyclic amines) is 1. The highest BCUT2D eigenvalue weighted by Gasteiger charge is 2.18. The van der Waals surface area contributed by atoms with Crippen LogP contribution >= 0.6 is 12.2 Å². The first-order chi connectivity index (χ1) is 12.7. The lowest BCUT2D eigenvalue weighted by molar-refractivity contribution is -0.908. The first kappa shape index (κ1) is 25.8. The Labute approximate surface area is 170 Å². The zero-order valence-corrected chi connectivity index (χ0v) is 18.7. The van der Waals surface area contributed by atoms with Crippen LogP contribution in [0.25, 0.3) is 5.41 Å². The van der Waals surface area contributed by atoms with E-state index >= 15 is 0 Å². The average molecular weight is 383 g/mol. The molecule has 0 aromatic heterocycles. The van der Waals surface area contributed by atoms with Crippen molar-refractivity contribution in [3.05, 3.63) is 5.41 Å². The predicted octanol–water partition coefficient (Wildman–Crippen LogP) is 6.44. The smallest absolute Gasteiger partial charge is 0.0796 e. The number of hydrogen-bond acceptors (Lipinski definition) is 1. The van der Waals surface area contributed by atoms with Crippen LogP contribution in [0.5, 0.6) is 0 Å². The van der Waals surface area contributed by atoms with Crippen molar-refractivity contribution in [2.75, 3.05) is 19.6 Å². The molecule has 0 aromatic carbocycles. The van der Waals surface area contributed by atoms with Crippen LogP contribution in [-0.2, 0) is 0 Å². The van der Waals surface area contributed by atoms with Crippen molar-refractivity contribution in [3.63, 3.8) is 0 Å². The van der Waals surface area contributed by atoms with E-state index in [4.69, 9.17) is 5.41 Å². The van der Waals surface area contributed by atoms with Crippen molar-refractivity contribution in [1.82, 2.24) is 0 Å². The summed E-state index contributed by atoms with van der Waals surface area (Å²) in [5, 5.41) is 8.47. The lowest BCUT2D eigenvalue weighted by atomic mass is 10.00. The fraction of sp³-hybridized carbons (Fsp3) is 0.957. The number of rotatable bonds is 15. The van der Waals surface area contributed by atoms with Crippen molar-refractivity contribution >= 4 is 17.4 Å². The van der Waals surface area contributed by atoms with Gasteiger partial charge in [0.25, 0.3) is 0 Å². The summed E-state index contributed by atoms with van der Waals surface area (Å²) >= 11 is 3.70. The van der Waals surface area contributed by atoms with Crippen molar-refractivity contribution in [3.8, 4) is 0 Å². The molecule has 1 aliphatic heterocycles. The van der Waals surface area contributed by atoms with Gasteiger partial charge in [-0.05, 0) is 25.7 Å². The quantitative estimate of drug-likeness (QED) is 0.197. The Morgan fingerprint density at radius 1 is 0.846 bits per heavy atom. The molecule has 3 heteroatoms. The second kappa shape index (κ2) is 21.1. The van der Waals surface area contributed by atoms with E-state index in [1.807, 2.05) is 4.90 Å². The van der Waals surface area contributed by atoms with Gasteiger partial charge in [-0.3, -0.25) is 0 Å². The van der Waals surface area contributed by atoms with Crippen LogP contribution in [0, 0.1) is 5.92 Å². The van der Waals surface area contributed by atoms with Gasteiger partial charge >= 0.3 is 0 Å². The van der Waals surface area contributed by atoms with Gasteiger partial charge in [0, 0.05) is 5.92 Å². The lowest BCUT2D eigenvalue weighted by Crippen LogP contribution is -3.13. The number of unbranched alkanes of at least 4 members (excludes halogenated alkanes) is 13. The molecule has 1 N–H and O–H groups in total. The second-order valence-electron chi connectivity index (χ2n) is 8.39. The molecule has 2 atom stereocenters. The molecule has 0 bridgehead atoms. The summed E-state index contributed by atoms with van der Waals surface area (Å²) in [5.74, 6) is 0.977. The highest BCUT2D eigenvalue weighted by atomic mass is 32.1. The average Bonchev–Trinajstić information content (AvgIpc) is 2.63. The van der Waals surface area contributed by atoms with Gasteiger partial charge in [0.15, 0.2) is 0 Å². The summed E-state index contributed by atoms with van der Waals surface area (Å²) in [6, 6.07) is 0. The van der Waals surface area contributed by atoms with Gasteiger partial charge < -0.3 is 10.3 Å². The first-order valence-electron chi connectivity index (χ1n) is 11.6. The molecule has 1 aliphatic rings. The summed E-state index contributed by atoms with van der Waals surface area (Å²) in [7, 11) is 0. The fourth-order valence-corrected chi connectivity index (χ4v) is 4.19. The molecule has 0 spiro atoms. The number of nitrogens with one attached hydrogen (secondary N) is 1. The Hall–Kier alpha value is -0.240. The van der Waals surface area contributed by atoms with Crippen LogP contribution in [0.1, 0.15) is 117 Å². The largest absolute Gasteiger partial charge is 0.753 e. The maximum absolute atomic E-state index is 7.13. The molecule has 0 amide bonds. The van der Waals surface area contributed by atoms with Crippen molar-refractivity contribution in [2.24, 2.45) is 5.92 Å².